The smallest absolute Gasteiger partial charge is 0.263 e. The molecule has 1 aromatic rings. The summed E-state index contributed by atoms with van der Waals surface area (Å²) in [6.07, 6.45) is 1.19. The average molecular weight is 314 g/mol. The van der Waals surface area contributed by atoms with Crippen LogP contribution in [0, 0.1) is 0 Å². The maximum Gasteiger partial charge on any atom is 0.263 e. The Morgan fingerprint density at radius 1 is 1.30 bits per heavy atom. The van der Waals surface area contributed by atoms with E-state index >= 15 is 0 Å². The van der Waals surface area contributed by atoms with E-state index in [9.17, 15) is 4.79 Å². The van der Waals surface area contributed by atoms with Crippen LogP contribution in [0.25, 0.3) is 0 Å². The van der Waals surface area contributed by atoms with E-state index in [1.54, 1.807) is 25.1 Å². The van der Waals surface area contributed by atoms with E-state index in [2.05, 4.69) is 6.58 Å². The number of carbonyl (C=O) groups excluding carboxylic acids is 1. The van der Waals surface area contributed by atoms with Crippen LogP contribution in [0.1, 0.15) is 19.8 Å². The van der Waals surface area contributed by atoms with E-state index in [1.807, 2.05) is 4.90 Å². The summed E-state index contributed by atoms with van der Waals surface area (Å²) in [4.78, 5) is 14.1. The zero-order valence-electron chi connectivity index (χ0n) is 11.4. The Labute approximate surface area is 129 Å². The molecule has 1 aromatic carbocycles. The monoisotopic (exact) mass is 313 g/mol. The number of rotatable bonds is 3. The molecular formula is C15H17Cl2NO2. The number of carbonyl (C=O) groups is 1. The van der Waals surface area contributed by atoms with Crippen molar-refractivity contribution in [3.8, 4) is 5.75 Å². The molecule has 0 spiro atoms. The highest BCUT2D eigenvalue weighted by Crippen LogP contribution is 2.27. The molecule has 5 heteroatoms. The lowest BCUT2D eigenvalue weighted by Crippen LogP contribution is -2.43. The molecule has 1 aliphatic rings. The van der Waals surface area contributed by atoms with E-state index in [1.165, 1.54) is 5.57 Å². The molecule has 1 heterocycles. The molecule has 2 rings (SSSR count). The fourth-order valence-corrected chi connectivity index (χ4v) is 2.39. The fraction of sp³-hybridized carbons (Fsp3) is 0.400. The van der Waals surface area contributed by atoms with Gasteiger partial charge in [-0.05, 0) is 31.9 Å². The molecule has 1 saturated heterocycles. The van der Waals surface area contributed by atoms with Crippen LogP contribution >= 0.6 is 23.2 Å². The summed E-state index contributed by atoms with van der Waals surface area (Å²) in [6, 6.07) is 4.98. The van der Waals surface area contributed by atoms with Crippen LogP contribution in [0.4, 0.5) is 0 Å². The molecule has 1 amide bonds. The lowest BCUT2D eigenvalue weighted by Gasteiger charge is -2.30. The summed E-state index contributed by atoms with van der Waals surface area (Å²) < 4.78 is 5.64. The number of amides is 1. The van der Waals surface area contributed by atoms with Crippen molar-refractivity contribution in [3.05, 3.63) is 40.4 Å². The molecule has 1 unspecified atom stereocenters. The first-order valence-corrected chi connectivity index (χ1v) is 7.30. The highest BCUT2D eigenvalue weighted by molar-refractivity contribution is 6.42. The molecular weight excluding hydrogens is 297 g/mol. The maximum absolute atomic E-state index is 12.3. The molecule has 0 aliphatic carbocycles. The number of halogens is 2. The molecule has 0 bridgehead atoms. The first kappa shape index (κ1) is 15.2. The SMILES string of the molecule is C=C1CCN(C(=O)C(C)Oc2ccc(Cl)c(Cl)c2)CC1. The maximum atomic E-state index is 12.3. The van der Waals surface area contributed by atoms with Crippen LogP contribution in [0.15, 0.2) is 30.4 Å². The fourth-order valence-electron chi connectivity index (χ4n) is 2.11. The van der Waals surface area contributed by atoms with Crippen LogP contribution in [-0.2, 0) is 4.79 Å². The van der Waals surface area contributed by atoms with Crippen LogP contribution < -0.4 is 4.74 Å². The van der Waals surface area contributed by atoms with Gasteiger partial charge in [0.25, 0.3) is 5.91 Å². The molecule has 1 aliphatic heterocycles. The number of nitrogens with zero attached hydrogens (tertiary/aromatic N) is 1. The second-order valence-corrected chi connectivity index (χ2v) is 5.73. The Balaban J connectivity index is 1.96. The van der Waals surface area contributed by atoms with Gasteiger partial charge in [0.1, 0.15) is 5.75 Å². The largest absolute Gasteiger partial charge is 0.481 e. The topological polar surface area (TPSA) is 29.5 Å². The van der Waals surface area contributed by atoms with Gasteiger partial charge in [0.2, 0.25) is 0 Å². The van der Waals surface area contributed by atoms with Gasteiger partial charge in [-0.2, -0.15) is 0 Å². The van der Waals surface area contributed by atoms with Gasteiger partial charge in [0.05, 0.1) is 10.0 Å². The Morgan fingerprint density at radius 2 is 1.95 bits per heavy atom. The van der Waals surface area contributed by atoms with Crippen LogP contribution in [-0.4, -0.2) is 30.0 Å². The van der Waals surface area contributed by atoms with Gasteiger partial charge < -0.3 is 9.64 Å². The lowest BCUT2D eigenvalue weighted by molar-refractivity contribution is -0.138. The highest BCUT2D eigenvalue weighted by Gasteiger charge is 2.24. The summed E-state index contributed by atoms with van der Waals surface area (Å²) in [5, 5.41) is 0.880. The van der Waals surface area contributed by atoms with Gasteiger partial charge in [0.15, 0.2) is 6.10 Å². The van der Waals surface area contributed by atoms with Gasteiger partial charge in [-0.15, -0.1) is 0 Å². The molecule has 0 radical (unpaired) electrons. The summed E-state index contributed by atoms with van der Waals surface area (Å²) in [5.74, 6) is 0.533. The van der Waals surface area contributed by atoms with E-state index in [4.69, 9.17) is 27.9 Å². The zero-order chi connectivity index (χ0) is 14.7. The molecule has 3 nitrogen and oxygen atoms in total. The standard InChI is InChI=1S/C15H17Cl2NO2/c1-10-5-7-18(8-6-10)15(19)11(2)20-12-3-4-13(16)14(17)9-12/h3-4,9,11H,1,5-8H2,2H3. The second kappa shape index (κ2) is 6.51. The molecule has 0 aromatic heterocycles. The molecule has 1 fully saturated rings. The first-order valence-electron chi connectivity index (χ1n) is 6.54. The molecule has 0 saturated carbocycles. The molecule has 108 valence electrons. The van der Waals surface area contributed by atoms with Gasteiger partial charge in [-0.3, -0.25) is 4.79 Å². The van der Waals surface area contributed by atoms with Gasteiger partial charge in [-0.25, -0.2) is 0 Å². The van der Waals surface area contributed by atoms with Crippen LogP contribution in [0.2, 0.25) is 10.0 Å². The number of benzene rings is 1. The number of likely N-dealkylation sites (tertiary alicyclic amines) is 1. The quantitative estimate of drug-likeness (QED) is 0.791. The number of hydrogen-bond acceptors (Lipinski definition) is 2. The van der Waals surface area contributed by atoms with Crippen molar-refractivity contribution in [1.82, 2.24) is 4.90 Å². The second-order valence-electron chi connectivity index (χ2n) is 4.91. The van der Waals surface area contributed by atoms with E-state index < -0.39 is 6.10 Å². The predicted octanol–water partition coefficient (Wildman–Crippen LogP) is 3.94. The Bertz CT molecular complexity index is 521. The van der Waals surface area contributed by atoms with Gasteiger partial charge >= 0.3 is 0 Å². The van der Waals surface area contributed by atoms with Crippen molar-refractivity contribution in [2.24, 2.45) is 0 Å². The van der Waals surface area contributed by atoms with Crippen molar-refractivity contribution >= 4 is 29.1 Å². The summed E-state index contributed by atoms with van der Waals surface area (Å²) in [5.41, 5.74) is 1.20. The summed E-state index contributed by atoms with van der Waals surface area (Å²) in [7, 11) is 0. The van der Waals surface area contributed by atoms with E-state index in [0.29, 0.717) is 28.9 Å². The molecule has 20 heavy (non-hydrogen) atoms. The zero-order valence-corrected chi connectivity index (χ0v) is 12.9. The average Bonchev–Trinajstić information content (AvgIpc) is 2.43. The highest BCUT2D eigenvalue weighted by atomic mass is 35.5. The summed E-state index contributed by atoms with van der Waals surface area (Å²) >= 11 is 11.8. The third-order valence-electron chi connectivity index (χ3n) is 3.33. The summed E-state index contributed by atoms with van der Waals surface area (Å²) in [6.45, 7) is 7.12. The minimum absolute atomic E-state index is 0.0106. The van der Waals surface area contributed by atoms with Crippen molar-refractivity contribution in [1.29, 1.82) is 0 Å². The Hall–Kier alpha value is -1.19. The Kier molecular flexibility index (Phi) is 4.95. The van der Waals surface area contributed by atoms with Crippen LogP contribution in [0.5, 0.6) is 5.75 Å². The third-order valence-corrected chi connectivity index (χ3v) is 4.07. The normalized spacial score (nSPS) is 16.9. The molecule has 1 atom stereocenters. The van der Waals surface area contributed by atoms with Gasteiger partial charge in [-0.1, -0.05) is 35.4 Å². The first-order chi connectivity index (χ1) is 9.47. The minimum atomic E-state index is -0.543. The van der Waals surface area contributed by atoms with Crippen molar-refractivity contribution in [3.63, 3.8) is 0 Å². The van der Waals surface area contributed by atoms with E-state index in [0.717, 1.165) is 12.8 Å². The number of hydrogen-bond donors (Lipinski definition) is 0. The molecule has 0 N–H and O–H groups in total. The predicted molar refractivity (Wildman–Crippen MR) is 81.5 cm³/mol. The minimum Gasteiger partial charge on any atom is -0.481 e. The lowest BCUT2D eigenvalue weighted by atomic mass is 10.1. The van der Waals surface area contributed by atoms with Crippen LogP contribution in [0.3, 0.4) is 0 Å². The number of piperidine rings is 1. The van der Waals surface area contributed by atoms with E-state index in [-0.39, 0.29) is 5.91 Å². The third kappa shape index (κ3) is 3.68. The van der Waals surface area contributed by atoms with Crippen molar-refractivity contribution < 1.29 is 9.53 Å². The Morgan fingerprint density at radius 3 is 2.55 bits per heavy atom. The van der Waals surface area contributed by atoms with Gasteiger partial charge in [0, 0.05) is 19.2 Å². The van der Waals surface area contributed by atoms with Crippen molar-refractivity contribution in [2.75, 3.05) is 13.1 Å². The van der Waals surface area contributed by atoms with Crippen molar-refractivity contribution in [2.45, 2.75) is 25.9 Å². The number of ether oxygens (including phenoxy) is 1.